The molecule has 0 bridgehead atoms. The Balaban J connectivity index is 2.52. The van der Waals surface area contributed by atoms with Crippen LogP contribution in [-0.2, 0) is 10.2 Å². The van der Waals surface area contributed by atoms with Gasteiger partial charge in [-0.3, -0.25) is 4.79 Å². The van der Waals surface area contributed by atoms with E-state index in [4.69, 9.17) is 26.2 Å². The fraction of sp³-hybridized carbons (Fsp3) is 0.533. The van der Waals surface area contributed by atoms with Crippen molar-refractivity contribution in [3.63, 3.8) is 0 Å². The minimum atomic E-state index is -0.822. The molecule has 0 unspecified atom stereocenters. The fourth-order valence-electron chi connectivity index (χ4n) is 2.50. The molecule has 0 saturated heterocycles. The molecular weight excluding hydrogens is 280 g/mol. The summed E-state index contributed by atoms with van der Waals surface area (Å²) < 4.78 is 11.2. The highest BCUT2D eigenvalue weighted by atomic mass is 35.5. The largest absolute Gasteiger partial charge is 0.493 e. The van der Waals surface area contributed by atoms with Crippen LogP contribution in [0.15, 0.2) is 12.1 Å². The molecule has 1 aromatic carbocycles. The lowest BCUT2D eigenvalue weighted by molar-refractivity contribution is -0.137. The standard InChI is InChI=1S/C15H19ClO4/c1-9(2)20-14-11(19-3)5-4-10(16)13(14)15(6-7-15)8-12(17)18/h4-5,9H,6-8H2,1-3H3,(H,17,18). The predicted molar refractivity (Wildman–Crippen MR) is 76.9 cm³/mol. The highest BCUT2D eigenvalue weighted by Crippen LogP contribution is 2.58. The van der Waals surface area contributed by atoms with E-state index in [9.17, 15) is 4.79 Å². The summed E-state index contributed by atoms with van der Waals surface area (Å²) in [5.41, 5.74) is 0.358. The minimum Gasteiger partial charge on any atom is -0.493 e. The van der Waals surface area contributed by atoms with Crippen LogP contribution in [0, 0.1) is 0 Å². The first-order chi connectivity index (χ1) is 9.39. The molecule has 0 aromatic heterocycles. The number of carboxylic acids is 1. The van der Waals surface area contributed by atoms with Crippen LogP contribution < -0.4 is 9.47 Å². The molecule has 110 valence electrons. The first kappa shape index (κ1) is 15.0. The zero-order chi connectivity index (χ0) is 14.9. The highest BCUT2D eigenvalue weighted by molar-refractivity contribution is 6.31. The van der Waals surface area contributed by atoms with Gasteiger partial charge in [0.1, 0.15) is 0 Å². The van der Waals surface area contributed by atoms with Crippen LogP contribution in [-0.4, -0.2) is 24.3 Å². The Hall–Kier alpha value is -1.42. The van der Waals surface area contributed by atoms with Crippen molar-refractivity contribution in [2.45, 2.75) is 44.6 Å². The average molecular weight is 299 g/mol. The van der Waals surface area contributed by atoms with E-state index >= 15 is 0 Å². The molecule has 1 N–H and O–H groups in total. The van der Waals surface area contributed by atoms with Crippen LogP contribution in [0.4, 0.5) is 0 Å². The number of rotatable bonds is 6. The second-order valence-corrected chi connectivity index (χ2v) is 5.88. The number of carboxylic acid groups (broad SMARTS) is 1. The van der Waals surface area contributed by atoms with Gasteiger partial charge in [0.05, 0.1) is 19.6 Å². The maximum Gasteiger partial charge on any atom is 0.304 e. The SMILES string of the molecule is COc1ccc(Cl)c(C2(CC(=O)O)CC2)c1OC(C)C. The summed E-state index contributed by atoms with van der Waals surface area (Å²) in [6.07, 6.45) is 1.64. The molecule has 4 nitrogen and oxygen atoms in total. The van der Waals surface area contributed by atoms with Gasteiger partial charge in [-0.2, -0.15) is 0 Å². The quantitative estimate of drug-likeness (QED) is 0.871. The molecule has 1 aliphatic carbocycles. The van der Waals surface area contributed by atoms with Gasteiger partial charge in [-0.1, -0.05) is 11.6 Å². The maximum absolute atomic E-state index is 11.1. The van der Waals surface area contributed by atoms with Gasteiger partial charge in [-0.15, -0.1) is 0 Å². The molecular formula is C15H19ClO4. The minimum absolute atomic E-state index is 0.0401. The van der Waals surface area contributed by atoms with Crippen molar-refractivity contribution >= 4 is 17.6 Å². The summed E-state index contributed by atoms with van der Waals surface area (Å²) in [6.45, 7) is 3.84. The van der Waals surface area contributed by atoms with Gasteiger partial charge in [-0.05, 0) is 38.8 Å². The van der Waals surface area contributed by atoms with Crippen molar-refractivity contribution in [1.29, 1.82) is 0 Å². The van der Waals surface area contributed by atoms with Crippen molar-refractivity contribution in [2.75, 3.05) is 7.11 Å². The van der Waals surface area contributed by atoms with Gasteiger partial charge < -0.3 is 14.6 Å². The van der Waals surface area contributed by atoms with Gasteiger partial charge in [0.25, 0.3) is 0 Å². The monoisotopic (exact) mass is 298 g/mol. The molecule has 1 aromatic rings. The van der Waals surface area contributed by atoms with E-state index in [1.165, 1.54) is 0 Å². The lowest BCUT2D eigenvalue weighted by Crippen LogP contribution is -2.17. The molecule has 0 atom stereocenters. The molecule has 0 aliphatic heterocycles. The van der Waals surface area contributed by atoms with Gasteiger partial charge in [0.15, 0.2) is 11.5 Å². The van der Waals surface area contributed by atoms with Crippen molar-refractivity contribution in [1.82, 2.24) is 0 Å². The second-order valence-electron chi connectivity index (χ2n) is 5.47. The van der Waals surface area contributed by atoms with Crippen molar-refractivity contribution in [3.05, 3.63) is 22.7 Å². The van der Waals surface area contributed by atoms with Gasteiger partial charge in [0.2, 0.25) is 0 Å². The number of hydrogen-bond acceptors (Lipinski definition) is 3. The van der Waals surface area contributed by atoms with E-state index in [-0.39, 0.29) is 12.5 Å². The number of ether oxygens (including phenoxy) is 2. The molecule has 2 rings (SSSR count). The van der Waals surface area contributed by atoms with E-state index in [1.807, 2.05) is 13.8 Å². The van der Waals surface area contributed by atoms with Crippen LogP contribution in [0.2, 0.25) is 5.02 Å². The Morgan fingerprint density at radius 3 is 2.55 bits per heavy atom. The number of methoxy groups -OCH3 is 1. The molecule has 20 heavy (non-hydrogen) atoms. The smallest absolute Gasteiger partial charge is 0.304 e. The first-order valence-electron chi connectivity index (χ1n) is 6.65. The number of halogens is 1. The van der Waals surface area contributed by atoms with Crippen molar-refractivity contribution in [2.24, 2.45) is 0 Å². The topological polar surface area (TPSA) is 55.8 Å². The Morgan fingerprint density at radius 2 is 2.10 bits per heavy atom. The van der Waals surface area contributed by atoms with E-state index < -0.39 is 11.4 Å². The highest BCUT2D eigenvalue weighted by Gasteiger charge is 2.49. The van der Waals surface area contributed by atoms with Gasteiger partial charge >= 0.3 is 5.97 Å². The molecule has 0 heterocycles. The summed E-state index contributed by atoms with van der Waals surface area (Å²) in [5, 5.41) is 9.67. The Labute approximate surface area is 123 Å². The van der Waals surface area contributed by atoms with Crippen molar-refractivity contribution < 1.29 is 19.4 Å². The predicted octanol–water partition coefficient (Wildman–Crippen LogP) is 3.64. The Morgan fingerprint density at radius 1 is 1.45 bits per heavy atom. The average Bonchev–Trinajstić information content (AvgIpc) is 3.08. The zero-order valence-electron chi connectivity index (χ0n) is 11.9. The van der Waals surface area contributed by atoms with Gasteiger partial charge in [-0.25, -0.2) is 0 Å². The molecule has 1 aliphatic rings. The lowest BCUT2D eigenvalue weighted by Gasteiger charge is -2.23. The third-order valence-electron chi connectivity index (χ3n) is 3.52. The molecule has 0 radical (unpaired) electrons. The zero-order valence-corrected chi connectivity index (χ0v) is 12.7. The molecule has 5 heteroatoms. The Kier molecular flexibility index (Phi) is 4.14. The fourth-order valence-corrected chi connectivity index (χ4v) is 2.85. The van der Waals surface area contributed by atoms with E-state index in [0.717, 1.165) is 18.4 Å². The van der Waals surface area contributed by atoms with E-state index in [0.29, 0.717) is 16.5 Å². The Bertz CT molecular complexity index is 521. The summed E-state index contributed by atoms with van der Waals surface area (Å²) in [5.74, 6) is 0.348. The van der Waals surface area contributed by atoms with Crippen LogP contribution in [0.1, 0.15) is 38.7 Å². The maximum atomic E-state index is 11.1. The first-order valence-corrected chi connectivity index (χ1v) is 7.03. The van der Waals surface area contributed by atoms with E-state index in [2.05, 4.69) is 0 Å². The second kappa shape index (κ2) is 5.52. The molecule has 0 amide bonds. The number of hydrogen-bond donors (Lipinski definition) is 1. The summed E-state index contributed by atoms with van der Waals surface area (Å²) in [7, 11) is 1.57. The number of aliphatic carboxylic acids is 1. The molecule has 1 saturated carbocycles. The molecule has 1 fully saturated rings. The van der Waals surface area contributed by atoms with Gasteiger partial charge in [0, 0.05) is 16.0 Å². The van der Waals surface area contributed by atoms with E-state index in [1.54, 1.807) is 19.2 Å². The van der Waals surface area contributed by atoms with Crippen molar-refractivity contribution in [3.8, 4) is 11.5 Å². The third-order valence-corrected chi connectivity index (χ3v) is 3.83. The number of benzene rings is 1. The normalized spacial score (nSPS) is 16.1. The third kappa shape index (κ3) is 2.85. The lowest BCUT2D eigenvalue weighted by atomic mass is 9.91. The summed E-state index contributed by atoms with van der Waals surface area (Å²) in [6, 6.07) is 3.49. The van der Waals surface area contributed by atoms with Crippen LogP contribution in [0.5, 0.6) is 11.5 Å². The number of carbonyl (C=O) groups is 1. The van der Waals surface area contributed by atoms with Crippen LogP contribution in [0.25, 0.3) is 0 Å². The summed E-state index contributed by atoms with van der Waals surface area (Å²) >= 11 is 6.32. The van der Waals surface area contributed by atoms with Crippen LogP contribution in [0.3, 0.4) is 0 Å². The summed E-state index contributed by atoms with van der Waals surface area (Å²) in [4.78, 5) is 11.1. The molecule has 0 spiro atoms. The van der Waals surface area contributed by atoms with Crippen LogP contribution >= 0.6 is 11.6 Å².